The molecule has 2 rings (SSSR count). The minimum Gasteiger partial charge on any atom is -0.356 e. The lowest BCUT2D eigenvalue weighted by Crippen LogP contribution is -2.56. The van der Waals surface area contributed by atoms with Crippen molar-refractivity contribution in [2.24, 2.45) is 0 Å². The Bertz CT molecular complexity index is 425. The standard InChI is InChI=1S/C12H13NO3/c1-12(2)11(15)13(10(14)8-16-12)9-6-4-3-5-7-9/h3-7H,8H2,1-2H3. The van der Waals surface area contributed by atoms with Crippen LogP contribution < -0.4 is 4.90 Å². The van der Waals surface area contributed by atoms with Crippen LogP contribution in [-0.4, -0.2) is 24.0 Å². The maximum Gasteiger partial charge on any atom is 0.265 e. The van der Waals surface area contributed by atoms with E-state index >= 15 is 0 Å². The molecule has 0 bridgehead atoms. The van der Waals surface area contributed by atoms with Crippen molar-refractivity contribution in [3.63, 3.8) is 0 Å². The van der Waals surface area contributed by atoms with Gasteiger partial charge >= 0.3 is 0 Å². The molecule has 4 nitrogen and oxygen atoms in total. The lowest BCUT2D eigenvalue weighted by atomic mass is 10.1. The van der Waals surface area contributed by atoms with E-state index in [1.807, 2.05) is 6.07 Å². The molecule has 0 N–H and O–H groups in total. The van der Waals surface area contributed by atoms with Crippen LogP contribution >= 0.6 is 0 Å². The van der Waals surface area contributed by atoms with Crippen molar-refractivity contribution in [3.8, 4) is 0 Å². The van der Waals surface area contributed by atoms with Crippen LogP contribution in [0.3, 0.4) is 0 Å². The van der Waals surface area contributed by atoms with Crippen LogP contribution in [-0.2, 0) is 14.3 Å². The molecule has 16 heavy (non-hydrogen) atoms. The second-order valence-electron chi connectivity index (χ2n) is 4.17. The smallest absolute Gasteiger partial charge is 0.265 e. The Kier molecular flexibility index (Phi) is 2.52. The molecule has 0 radical (unpaired) electrons. The third-order valence-corrected chi connectivity index (χ3v) is 2.54. The summed E-state index contributed by atoms with van der Waals surface area (Å²) in [4.78, 5) is 24.9. The summed E-state index contributed by atoms with van der Waals surface area (Å²) >= 11 is 0. The fraction of sp³-hybridized carbons (Fsp3) is 0.333. The van der Waals surface area contributed by atoms with Gasteiger partial charge in [-0.25, -0.2) is 4.90 Å². The van der Waals surface area contributed by atoms with Gasteiger partial charge in [-0.2, -0.15) is 0 Å². The van der Waals surface area contributed by atoms with Crippen LogP contribution in [0, 0.1) is 0 Å². The number of hydrogen-bond donors (Lipinski definition) is 0. The summed E-state index contributed by atoms with van der Waals surface area (Å²) in [7, 11) is 0. The molecule has 1 aliphatic rings. The van der Waals surface area contributed by atoms with Gasteiger partial charge < -0.3 is 4.74 Å². The fourth-order valence-corrected chi connectivity index (χ4v) is 1.59. The highest BCUT2D eigenvalue weighted by atomic mass is 16.5. The van der Waals surface area contributed by atoms with Gasteiger partial charge in [0.2, 0.25) is 0 Å². The molecule has 0 saturated carbocycles. The third-order valence-electron chi connectivity index (χ3n) is 2.54. The van der Waals surface area contributed by atoms with E-state index in [-0.39, 0.29) is 18.4 Å². The van der Waals surface area contributed by atoms with Gasteiger partial charge in [0, 0.05) is 0 Å². The molecule has 1 aromatic carbocycles. The van der Waals surface area contributed by atoms with E-state index in [0.29, 0.717) is 5.69 Å². The largest absolute Gasteiger partial charge is 0.356 e. The number of hydrogen-bond acceptors (Lipinski definition) is 3. The molecule has 0 aromatic heterocycles. The minimum absolute atomic E-state index is 0.0619. The van der Waals surface area contributed by atoms with Crippen molar-refractivity contribution < 1.29 is 14.3 Å². The van der Waals surface area contributed by atoms with Crippen LogP contribution in [0.4, 0.5) is 5.69 Å². The van der Waals surface area contributed by atoms with Crippen LogP contribution in [0.1, 0.15) is 13.8 Å². The monoisotopic (exact) mass is 219 g/mol. The van der Waals surface area contributed by atoms with Crippen LogP contribution in [0.2, 0.25) is 0 Å². The summed E-state index contributed by atoms with van der Waals surface area (Å²) in [5, 5.41) is 0. The van der Waals surface area contributed by atoms with Crippen molar-refractivity contribution in [1.29, 1.82) is 0 Å². The maximum absolute atomic E-state index is 12.0. The van der Waals surface area contributed by atoms with Crippen molar-refractivity contribution in [1.82, 2.24) is 0 Å². The van der Waals surface area contributed by atoms with Gasteiger partial charge in [0.1, 0.15) is 12.2 Å². The summed E-state index contributed by atoms with van der Waals surface area (Å²) in [6, 6.07) is 8.88. The Morgan fingerprint density at radius 3 is 2.44 bits per heavy atom. The average molecular weight is 219 g/mol. The molecule has 1 fully saturated rings. The number of anilines is 1. The predicted molar refractivity (Wildman–Crippen MR) is 59.0 cm³/mol. The van der Waals surface area contributed by atoms with E-state index in [1.165, 1.54) is 4.90 Å². The van der Waals surface area contributed by atoms with E-state index in [1.54, 1.807) is 38.1 Å². The Morgan fingerprint density at radius 2 is 1.81 bits per heavy atom. The van der Waals surface area contributed by atoms with Gasteiger partial charge in [-0.1, -0.05) is 18.2 Å². The predicted octanol–water partition coefficient (Wildman–Crippen LogP) is 1.35. The molecule has 1 heterocycles. The SMILES string of the molecule is CC1(C)OCC(=O)N(c2ccccc2)C1=O. The van der Waals surface area contributed by atoms with Crippen LogP contribution in [0.15, 0.2) is 30.3 Å². The topological polar surface area (TPSA) is 46.6 Å². The highest BCUT2D eigenvalue weighted by Crippen LogP contribution is 2.24. The fourth-order valence-electron chi connectivity index (χ4n) is 1.59. The first kappa shape index (κ1) is 10.8. The lowest BCUT2D eigenvalue weighted by molar-refractivity contribution is -0.154. The zero-order valence-corrected chi connectivity index (χ0v) is 9.27. The van der Waals surface area contributed by atoms with Crippen molar-refractivity contribution in [3.05, 3.63) is 30.3 Å². The molecule has 2 amide bonds. The summed E-state index contributed by atoms with van der Waals surface area (Å²) in [5.41, 5.74) is -0.349. The van der Waals surface area contributed by atoms with E-state index in [0.717, 1.165) is 0 Å². The molecule has 0 spiro atoms. The maximum atomic E-state index is 12.0. The summed E-state index contributed by atoms with van der Waals surface area (Å²) in [5.74, 6) is -0.648. The molecular weight excluding hydrogens is 206 g/mol. The number of para-hydroxylation sites is 1. The third kappa shape index (κ3) is 1.72. The van der Waals surface area contributed by atoms with E-state index in [2.05, 4.69) is 0 Å². The molecule has 4 heteroatoms. The molecule has 0 unspecified atom stereocenters. The van der Waals surface area contributed by atoms with Gasteiger partial charge in [-0.05, 0) is 26.0 Å². The Hall–Kier alpha value is -1.68. The molecule has 1 aliphatic heterocycles. The Labute approximate surface area is 93.8 Å². The minimum atomic E-state index is -0.941. The number of rotatable bonds is 1. The number of carbonyl (C=O) groups is 2. The Morgan fingerprint density at radius 1 is 1.19 bits per heavy atom. The molecule has 0 atom stereocenters. The first-order chi connectivity index (χ1) is 7.52. The first-order valence-electron chi connectivity index (χ1n) is 5.09. The lowest BCUT2D eigenvalue weighted by Gasteiger charge is -2.35. The van der Waals surface area contributed by atoms with E-state index < -0.39 is 5.60 Å². The number of morpholine rings is 1. The zero-order valence-electron chi connectivity index (χ0n) is 9.27. The number of ether oxygens (including phenoxy) is 1. The Balaban J connectivity index is 2.39. The highest BCUT2D eigenvalue weighted by molar-refractivity contribution is 6.19. The summed E-state index contributed by atoms with van der Waals surface area (Å²) in [6.45, 7) is 3.27. The number of benzene rings is 1. The normalized spacial score (nSPS) is 20.0. The molecule has 0 aliphatic carbocycles. The zero-order chi connectivity index (χ0) is 11.8. The van der Waals surface area contributed by atoms with Crippen molar-refractivity contribution in [2.45, 2.75) is 19.4 Å². The molecule has 84 valence electrons. The van der Waals surface area contributed by atoms with Crippen molar-refractivity contribution >= 4 is 17.5 Å². The number of nitrogens with zero attached hydrogens (tertiary/aromatic N) is 1. The second-order valence-corrected chi connectivity index (χ2v) is 4.17. The number of amides is 2. The summed E-state index contributed by atoms with van der Waals surface area (Å²) in [6.07, 6.45) is 0. The van der Waals surface area contributed by atoms with Crippen LogP contribution in [0.5, 0.6) is 0 Å². The summed E-state index contributed by atoms with van der Waals surface area (Å²) < 4.78 is 5.20. The van der Waals surface area contributed by atoms with Gasteiger partial charge in [-0.15, -0.1) is 0 Å². The number of imide groups is 1. The molecular formula is C12H13NO3. The first-order valence-corrected chi connectivity index (χ1v) is 5.09. The van der Waals surface area contributed by atoms with Gasteiger partial charge in [0.15, 0.2) is 0 Å². The number of carbonyl (C=O) groups excluding carboxylic acids is 2. The molecule has 1 aromatic rings. The van der Waals surface area contributed by atoms with Gasteiger partial charge in [-0.3, -0.25) is 9.59 Å². The highest BCUT2D eigenvalue weighted by Gasteiger charge is 2.41. The second kappa shape index (κ2) is 3.72. The average Bonchev–Trinajstić information content (AvgIpc) is 2.27. The van der Waals surface area contributed by atoms with Gasteiger partial charge in [0.05, 0.1) is 5.69 Å². The quantitative estimate of drug-likeness (QED) is 0.670. The molecule has 1 saturated heterocycles. The van der Waals surface area contributed by atoms with Crippen LogP contribution in [0.25, 0.3) is 0 Å². The van der Waals surface area contributed by atoms with E-state index in [9.17, 15) is 9.59 Å². The van der Waals surface area contributed by atoms with Crippen molar-refractivity contribution in [2.75, 3.05) is 11.5 Å². The van der Waals surface area contributed by atoms with E-state index in [4.69, 9.17) is 4.74 Å². The van der Waals surface area contributed by atoms with Gasteiger partial charge in [0.25, 0.3) is 11.8 Å².